The summed E-state index contributed by atoms with van der Waals surface area (Å²) in [5.74, 6) is -0.0617. The van der Waals surface area contributed by atoms with Gasteiger partial charge in [0.05, 0.1) is 5.69 Å². The minimum absolute atomic E-state index is 0.0587. The molecule has 0 spiro atoms. The lowest BCUT2D eigenvalue weighted by Gasteiger charge is -2.38. The van der Waals surface area contributed by atoms with Crippen LogP contribution < -0.4 is 15.0 Å². The van der Waals surface area contributed by atoms with E-state index in [9.17, 15) is 26.3 Å². The maximum absolute atomic E-state index is 13.5. The zero-order valence-corrected chi connectivity index (χ0v) is 18.6. The second-order valence-electron chi connectivity index (χ2n) is 8.63. The molecular weight excluding hydrogens is 486 g/mol. The van der Waals surface area contributed by atoms with E-state index in [-0.39, 0.29) is 23.8 Å². The van der Waals surface area contributed by atoms with Crippen molar-refractivity contribution in [3.05, 3.63) is 29.6 Å². The predicted octanol–water partition coefficient (Wildman–Crippen LogP) is 4.78. The Bertz CT molecular complexity index is 1180. The number of pyridine rings is 1. The van der Waals surface area contributed by atoms with Gasteiger partial charge in [0.25, 0.3) is 0 Å². The van der Waals surface area contributed by atoms with Crippen LogP contribution in [-0.2, 0) is 6.18 Å². The number of aryl methyl sites for hydroxylation is 1. The minimum Gasteiger partial charge on any atom is -0.480 e. The van der Waals surface area contributed by atoms with Crippen LogP contribution in [0.15, 0.2) is 18.2 Å². The second kappa shape index (κ2) is 8.17. The molecule has 2 aliphatic rings. The van der Waals surface area contributed by atoms with Gasteiger partial charge >= 0.3 is 12.4 Å². The Labute approximate surface area is 193 Å². The summed E-state index contributed by atoms with van der Waals surface area (Å²) in [7, 11) is 0. The standard InChI is InChI=1S/C20H20F6N6OS/c1-10-6-15(34-30-10)31-7-11-2-3-12(8-31)16(11)27-18-28-17-13(33-9-19(21,22)23)4-5-14(20(24,25)26)32(17)29-18/h4-6,11-12,16H,2-3,7-9H2,1H3,(H,27,29)/t11-,12+,16?. The van der Waals surface area contributed by atoms with E-state index in [4.69, 9.17) is 4.74 Å². The van der Waals surface area contributed by atoms with E-state index in [0.717, 1.165) is 42.7 Å². The molecule has 2 bridgehead atoms. The highest BCUT2D eigenvalue weighted by Crippen LogP contribution is 2.41. The van der Waals surface area contributed by atoms with Crippen molar-refractivity contribution in [2.24, 2.45) is 11.8 Å². The van der Waals surface area contributed by atoms with Crippen LogP contribution >= 0.6 is 11.5 Å². The molecule has 7 nitrogen and oxygen atoms in total. The third-order valence-corrected chi connectivity index (χ3v) is 7.13. The molecule has 4 heterocycles. The van der Waals surface area contributed by atoms with Gasteiger partial charge in [0.2, 0.25) is 5.95 Å². The topological polar surface area (TPSA) is 67.6 Å². The number of rotatable bonds is 5. The fourth-order valence-electron chi connectivity index (χ4n) is 4.77. The molecule has 184 valence electrons. The van der Waals surface area contributed by atoms with Gasteiger partial charge in [-0.1, -0.05) is 0 Å². The lowest BCUT2D eigenvalue weighted by molar-refractivity contribution is -0.153. The summed E-state index contributed by atoms with van der Waals surface area (Å²) in [5.41, 5.74) is -0.627. The van der Waals surface area contributed by atoms with Crippen LogP contribution in [0.2, 0.25) is 0 Å². The Hall–Kier alpha value is -2.77. The van der Waals surface area contributed by atoms with Crippen LogP contribution in [0.3, 0.4) is 0 Å². The van der Waals surface area contributed by atoms with Crippen molar-refractivity contribution >= 4 is 28.1 Å². The predicted molar refractivity (Wildman–Crippen MR) is 112 cm³/mol. The molecule has 0 radical (unpaired) electrons. The van der Waals surface area contributed by atoms with E-state index < -0.39 is 36.1 Å². The van der Waals surface area contributed by atoms with E-state index in [0.29, 0.717) is 10.6 Å². The zero-order chi connectivity index (χ0) is 24.3. The molecule has 1 aliphatic heterocycles. The van der Waals surface area contributed by atoms with Gasteiger partial charge in [0.15, 0.2) is 18.0 Å². The monoisotopic (exact) mass is 506 g/mol. The van der Waals surface area contributed by atoms with Crippen molar-refractivity contribution in [1.82, 2.24) is 19.0 Å². The maximum Gasteiger partial charge on any atom is 0.433 e. The summed E-state index contributed by atoms with van der Waals surface area (Å²) in [6, 6.07) is 3.44. The third-order valence-electron chi connectivity index (χ3n) is 6.19. The van der Waals surface area contributed by atoms with Gasteiger partial charge in [-0.25, -0.2) is 4.52 Å². The summed E-state index contributed by atoms with van der Waals surface area (Å²) in [4.78, 5) is 6.36. The summed E-state index contributed by atoms with van der Waals surface area (Å²) >= 11 is 1.43. The Morgan fingerprint density at radius 2 is 1.82 bits per heavy atom. The number of nitrogens with zero attached hydrogens (tertiary/aromatic N) is 5. The lowest BCUT2D eigenvalue weighted by Crippen LogP contribution is -2.48. The summed E-state index contributed by atoms with van der Waals surface area (Å²) < 4.78 is 87.8. The molecule has 1 unspecified atom stereocenters. The fourth-order valence-corrected chi connectivity index (χ4v) is 5.55. The van der Waals surface area contributed by atoms with Crippen LogP contribution in [-0.4, -0.2) is 50.9 Å². The number of piperidine rings is 1. The molecule has 5 rings (SSSR count). The smallest absolute Gasteiger partial charge is 0.433 e. The molecule has 3 atom stereocenters. The van der Waals surface area contributed by atoms with Crippen molar-refractivity contribution in [3.63, 3.8) is 0 Å². The Balaban J connectivity index is 1.41. The number of alkyl halides is 6. The molecule has 0 aromatic carbocycles. The van der Waals surface area contributed by atoms with Crippen molar-refractivity contribution in [3.8, 4) is 5.75 Å². The van der Waals surface area contributed by atoms with E-state index in [1.807, 2.05) is 13.0 Å². The van der Waals surface area contributed by atoms with Crippen LogP contribution in [0.1, 0.15) is 24.2 Å². The van der Waals surface area contributed by atoms with E-state index in [1.54, 1.807) is 0 Å². The summed E-state index contributed by atoms with van der Waals surface area (Å²) in [6.45, 7) is 1.80. The average Bonchev–Trinajstić information content (AvgIpc) is 3.41. The van der Waals surface area contributed by atoms with Gasteiger partial charge in [-0.05, 0) is 61.3 Å². The SMILES string of the molecule is Cc1cc(N2C[C@H]3CC[C@@H](C2)C3Nc2nc3c(OCC(F)(F)F)ccc(C(F)(F)F)n3n2)sn1. The highest BCUT2D eigenvalue weighted by Gasteiger charge is 2.43. The number of hydrogen-bond donors (Lipinski definition) is 1. The van der Waals surface area contributed by atoms with Gasteiger partial charge in [-0.15, -0.1) is 5.10 Å². The Morgan fingerprint density at radius 1 is 1.12 bits per heavy atom. The zero-order valence-electron chi connectivity index (χ0n) is 17.8. The van der Waals surface area contributed by atoms with Gasteiger partial charge in [0.1, 0.15) is 10.7 Å². The molecular formula is C20H20F6N6OS. The average molecular weight is 506 g/mol. The maximum atomic E-state index is 13.5. The largest absolute Gasteiger partial charge is 0.480 e. The minimum atomic E-state index is -4.77. The Morgan fingerprint density at radius 3 is 2.41 bits per heavy atom. The first-order valence-corrected chi connectivity index (χ1v) is 11.4. The first kappa shape index (κ1) is 23.0. The molecule has 1 saturated carbocycles. The molecule has 14 heteroatoms. The number of ether oxygens (including phenoxy) is 1. The molecule has 3 aromatic heterocycles. The summed E-state index contributed by atoms with van der Waals surface area (Å²) in [6.07, 6.45) is -7.54. The first-order valence-electron chi connectivity index (χ1n) is 10.6. The second-order valence-corrected chi connectivity index (χ2v) is 9.42. The lowest BCUT2D eigenvalue weighted by atomic mass is 9.92. The fraction of sp³-hybridized carbons (Fsp3) is 0.550. The van der Waals surface area contributed by atoms with Crippen LogP contribution in [0.5, 0.6) is 5.75 Å². The van der Waals surface area contributed by atoms with Gasteiger partial charge in [-0.3, -0.25) is 0 Å². The van der Waals surface area contributed by atoms with Crippen molar-refractivity contribution in [2.75, 3.05) is 29.9 Å². The van der Waals surface area contributed by atoms with E-state index in [2.05, 4.69) is 24.7 Å². The van der Waals surface area contributed by atoms with Gasteiger partial charge in [0, 0.05) is 19.1 Å². The summed E-state index contributed by atoms with van der Waals surface area (Å²) in [5, 5.41) is 8.19. The molecule has 1 saturated heterocycles. The highest BCUT2D eigenvalue weighted by atomic mass is 32.1. The third kappa shape index (κ3) is 4.46. The van der Waals surface area contributed by atoms with Gasteiger partial charge < -0.3 is 15.0 Å². The van der Waals surface area contributed by atoms with Crippen LogP contribution in [0.25, 0.3) is 5.65 Å². The first-order chi connectivity index (χ1) is 16.0. The van der Waals surface area contributed by atoms with Crippen molar-refractivity contribution < 1.29 is 31.1 Å². The number of nitrogens with one attached hydrogen (secondary N) is 1. The molecule has 1 N–H and O–H groups in total. The number of hydrogen-bond acceptors (Lipinski definition) is 7. The van der Waals surface area contributed by atoms with Crippen molar-refractivity contribution in [2.45, 2.75) is 38.2 Å². The molecule has 34 heavy (non-hydrogen) atoms. The van der Waals surface area contributed by atoms with E-state index in [1.165, 1.54) is 11.5 Å². The highest BCUT2D eigenvalue weighted by molar-refractivity contribution is 7.10. The molecule has 2 fully saturated rings. The number of anilines is 2. The normalized spacial score (nSPS) is 23.0. The molecule has 3 aromatic rings. The van der Waals surface area contributed by atoms with Crippen molar-refractivity contribution in [1.29, 1.82) is 0 Å². The van der Waals surface area contributed by atoms with Gasteiger partial charge in [-0.2, -0.15) is 35.7 Å². The number of fused-ring (bicyclic) bond motifs is 3. The van der Waals surface area contributed by atoms with Crippen LogP contribution in [0, 0.1) is 18.8 Å². The number of aromatic nitrogens is 4. The van der Waals surface area contributed by atoms with Crippen LogP contribution in [0.4, 0.5) is 37.3 Å². The quantitative estimate of drug-likeness (QED) is 0.503. The molecule has 1 aliphatic carbocycles. The number of halogens is 6. The molecule has 0 amide bonds. The van der Waals surface area contributed by atoms with E-state index >= 15 is 0 Å². The Kier molecular flexibility index (Phi) is 5.52.